The zero-order chi connectivity index (χ0) is 17.0. The molecule has 2 atom stereocenters. The minimum atomic E-state index is -0.695. The number of thioether (sulfide) groups is 1. The molecule has 0 saturated carbocycles. The third-order valence-electron chi connectivity index (χ3n) is 4.27. The number of carboxylic acid groups (broad SMARTS) is 1. The molecule has 5 nitrogen and oxygen atoms in total. The van der Waals surface area contributed by atoms with Gasteiger partial charge in [0, 0.05) is 24.5 Å². The predicted molar refractivity (Wildman–Crippen MR) is 91.5 cm³/mol. The van der Waals surface area contributed by atoms with Crippen LogP contribution >= 0.6 is 11.8 Å². The summed E-state index contributed by atoms with van der Waals surface area (Å²) in [6, 6.07) is 3.99. The lowest BCUT2D eigenvalue weighted by atomic mass is 9.90. The van der Waals surface area contributed by atoms with Crippen LogP contribution in [0.15, 0.2) is 17.0 Å². The fraction of sp³-hybridized carbons (Fsp3) is 0.588. The first-order valence-corrected chi connectivity index (χ1v) is 8.95. The fourth-order valence-electron chi connectivity index (χ4n) is 3.23. The van der Waals surface area contributed by atoms with Crippen LogP contribution in [0.1, 0.15) is 18.9 Å². The standard InChI is InChI=1S/C17H25NO4S/c1-11-5-13(17(19)20)10-18(8-11)9-12-6-14(21-2)15(22-3)7-16(12)23-4/h6-7,11,13H,5,8-10H2,1-4H3,(H,19,20). The van der Waals surface area contributed by atoms with Gasteiger partial charge in [-0.25, -0.2) is 0 Å². The Balaban J connectivity index is 2.22. The molecule has 0 aliphatic carbocycles. The van der Waals surface area contributed by atoms with Gasteiger partial charge in [-0.1, -0.05) is 6.92 Å². The van der Waals surface area contributed by atoms with Crippen molar-refractivity contribution in [2.75, 3.05) is 33.6 Å². The number of aliphatic carboxylic acids is 1. The lowest BCUT2D eigenvalue weighted by molar-refractivity contribution is -0.144. The Hall–Kier alpha value is -1.40. The molecule has 0 radical (unpaired) electrons. The quantitative estimate of drug-likeness (QED) is 0.804. The van der Waals surface area contributed by atoms with Crippen LogP contribution in [0, 0.1) is 11.8 Å². The molecule has 1 aromatic rings. The Morgan fingerprint density at radius 3 is 2.52 bits per heavy atom. The second kappa shape index (κ2) is 7.93. The minimum Gasteiger partial charge on any atom is -0.493 e. The molecule has 0 aromatic heterocycles. The van der Waals surface area contributed by atoms with E-state index in [4.69, 9.17) is 9.47 Å². The summed E-state index contributed by atoms with van der Waals surface area (Å²) in [7, 11) is 3.26. The molecule has 1 aliphatic rings. The molecular weight excluding hydrogens is 314 g/mol. The van der Waals surface area contributed by atoms with Gasteiger partial charge in [0.05, 0.1) is 20.1 Å². The van der Waals surface area contributed by atoms with E-state index >= 15 is 0 Å². The minimum absolute atomic E-state index is 0.281. The summed E-state index contributed by atoms with van der Waals surface area (Å²) in [5.41, 5.74) is 1.15. The van der Waals surface area contributed by atoms with E-state index in [9.17, 15) is 9.90 Å². The van der Waals surface area contributed by atoms with Gasteiger partial charge in [-0.3, -0.25) is 9.69 Å². The molecule has 0 spiro atoms. The van der Waals surface area contributed by atoms with Crippen LogP contribution in [0.4, 0.5) is 0 Å². The summed E-state index contributed by atoms with van der Waals surface area (Å²) < 4.78 is 10.8. The van der Waals surface area contributed by atoms with Crippen LogP contribution in [0.25, 0.3) is 0 Å². The summed E-state index contributed by atoms with van der Waals surface area (Å²) in [5.74, 6) is 0.842. The van der Waals surface area contributed by atoms with Crippen LogP contribution in [0.5, 0.6) is 11.5 Å². The number of carboxylic acids is 1. The largest absolute Gasteiger partial charge is 0.493 e. The van der Waals surface area contributed by atoms with Gasteiger partial charge in [0.2, 0.25) is 0 Å². The molecule has 0 amide bonds. The summed E-state index contributed by atoms with van der Waals surface area (Å²) in [6.07, 6.45) is 2.79. The molecular formula is C17H25NO4S. The van der Waals surface area contributed by atoms with Crippen molar-refractivity contribution in [1.29, 1.82) is 0 Å². The maximum Gasteiger partial charge on any atom is 0.307 e. The first kappa shape index (κ1) is 17.9. The molecule has 128 valence electrons. The molecule has 1 fully saturated rings. The van der Waals surface area contributed by atoms with E-state index < -0.39 is 5.97 Å². The smallest absolute Gasteiger partial charge is 0.307 e. The number of ether oxygens (including phenoxy) is 2. The lowest BCUT2D eigenvalue weighted by Crippen LogP contribution is -2.42. The van der Waals surface area contributed by atoms with Gasteiger partial charge in [-0.15, -0.1) is 11.8 Å². The fourth-order valence-corrected chi connectivity index (χ4v) is 3.84. The number of piperidine rings is 1. The molecule has 0 bridgehead atoms. The Labute approximate surface area is 142 Å². The Morgan fingerprint density at radius 1 is 1.30 bits per heavy atom. The first-order valence-electron chi connectivity index (χ1n) is 7.72. The van der Waals surface area contributed by atoms with Gasteiger partial charge in [0.1, 0.15) is 0 Å². The number of hydrogen-bond acceptors (Lipinski definition) is 5. The first-order chi connectivity index (χ1) is 11.0. The number of methoxy groups -OCH3 is 2. The molecule has 1 aliphatic heterocycles. The van der Waals surface area contributed by atoms with E-state index in [1.807, 2.05) is 18.4 Å². The van der Waals surface area contributed by atoms with Gasteiger partial charge < -0.3 is 14.6 Å². The number of benzene rings is 1. The maximum absolute atomic E-state index is 11.3. The summed E-state index contributed by atoms with van der Waals surface area (Å²) in [6.45, 7) is 4.37. The van der Waals surface area contributed by atoms with E-state index in [0.29, 0.717) is 18.2 Å². The Morgan fingerprint density at radius 2 is 1.96 bits per heavy atom. The van der Waals surface area contributed by atoms with Crippen LogP contribution < -0.4 is 9.47 Å². The van der Waals surface area contributed by atoms with Crippen molar-refractivity contribution in [3.8, 4) is 11.5 Å². The van der Waals surface area contributed by atoms with Crippen LogP contribution in [-0.2, 0) is 11.3 Å². The molecule has 2 unspecified atom stereocenters. The molecule has 1 N–H and O–H groups in total. The number of carbonyl (C=O) groups is 1. The zero-order valence-corrected chi connectivity index (χ0v) is 15.0. The SMILES string of the molecule is COc1cc(CN2CC(C)CC(C(=O)O)C2)c(SC)cc1OC. The van der Waals surface area contributed by atoms with Crippen molar-refractivity contribution in [3.05, 3.63) is 17.7 Å². The zero-order valence-electron chi connectivity index (χ0n) is 14.2. The van der Waals surface area contributed by atoms with Crippen molar-refractivity contribution in [1.82, 2.24) is 4.90 Å². The normalized spacial score (nSPS) is 21.9. The molecule has 1 aromatic carbocycles. The monoisotopic (exact) mass is 339 g/mol. The highest BCUT2D eigenvalue weighted by Crippen LogP contribution is 2.36. The summed E-state index contributed by atoms with van der Waals surface area (Å²) >= 11 is 1.66. The highest BCUT2D eigenvalue weighted by atomic mass is 32.2. The third kappa shape index (κ3) is 4.32. The number of nitrogens with zero attached hydrogens (tertiary/aromatic N) is 1. The number of likely N-dealkylation sites (tertiary alicyclic amines) is 1. The molecule has 1 heterocycles. The van der Waals surface area contributed by atoms with E-state index in [1.165, 1.54) is 0 Å². The van der Waals surface area contributed by atoms with Gasteiger partial charge in [0.15, 0.2) is 11.5 Å². The van der Waals surface area contributed by atoms with Crippen molar-refractivity contribution in [3.63, 3.8) is 0 Å². The highest BCUT2D eigenvalue weighted by Gasteiger charge is 2.29. The molecule has 6 heteroatoms. The summed E-state index contributed by atoms with van der Waals surface area (Å²) in [5, 5.41) is 9.32. The van der Waals surface area contributed by atoms with Crippen LogP contribution in [0.2, 0.25) is 0 Å². The second-order valence-electron chi connectivity index (χ2n) is 6.09. The summed E-state index contributed by atoms with van der Waals surface area (Å²) in [4.78, 5) is 14.7. The van der Waals surface area contributed by atoms with Gasteiger partial charge in [-0.2, -0.15) is 0 Å². The molecule has 1 saturated heterocycles. The molecule has 2 rings (SSSR count). The van der Waals surface area contributed by atoms with Crippen molar-refractivity contribution < 1.29 is 19.4 Å². The number of rotatable bonds is 6. The number of hydrogen-bond donors (Lipinski definition) is 1. The van der Waals surface area contributed by atoms with Crippen LogP contribution in [0.3, 0.4) is 0 Å². The van der Waals surface area contributed by atoms with Gasteiger partial charge in [0.25, 0.3) is 0 Å². The van der Waals surface area contributed by atoms with Crippen molar-refractivity contribution >= 4 is 17.7 Å². The van der Waals surface area contributed by atoms with E-state index in [1.54, 1.807) is 26.0 Å². The third-order valence-corrected chi connectivity index (χ3v) is 5.08. The Bertz CT molecular complexity index is 564. The highest BCUT2D eigenvalue weighted by molar-refractivity contribution is 7.98. The van der Waals surface area contributed by atoms with E-state index in [-0.39, 0.29) is 5.92 Å². The van der Waals surface area contributed by atoms with Gasteiger partial charge >= 0.3 is 5.97 Å². The average molecular weight is 339 g/mol. The van der Waals surface area contributed by atoms with E-state index in [0.717, 1.165) is 35.7 Å². The lowest BCUT2D eigenvalue weighted by Gasteiger charge is -2.35. The topological polar surface area (TPSA) is 59.0 Å². The molecule has 23 heavy (non-hydrogen) atoms. The van der Waals surface area contributed by atoms with Gasteiger partial charge in [-0.05, 0) is 36.3 Å². The maximum atomic E-state index is 11.3. The van der Waals surface area contributed by atoms with E-state index in [2.05, 4.69) is 11.8 Å². The predicted octanol–water partition coefficient (Wildman–Crippen LogP) is 2.97. The second-order valence-corrected chi connectivity index (χ2v) is 6.94. The average Bonchev–Trinajstić information content (AvgIpc) is 2.53. The Kier molecular flexibility index (Phi) is 6.18. The van der Waals surface area contributed by atoms with Crippen molar-refractivity contribution in [2.45, 2.75) is 24.8 Å². The van der Waals surface area contributed by atoms with Crippen LogP contribution in [-0.4, -0.2) is 49.5 Å². The van der Waals surface area contributed by atoms with Crippen molar-refractivity contribution in [2.24, 2.45) is 11.8 Å².